The van der Waals surface area contributed by atoms with Crippen LogP contribution in [0, 0.1) is 6.92 Å². The Morgan fingerprint density at radius 3 is 2.39 bits per heavy atom. The summed E-state index contributed by atoms with van der Waals surface area (Å²) in [6.45, 7) is 1.82. The van der Waals surface area contributed by atoms with Crippen LogP contribution >= 0.6 is 11.6 Å². The average molecular weight is 493 g/mol. The van der Waals surface area contributed by atoms with E-state index in [0.29, 0.717) is 5.56 Å². The van der Waals surface area contributed by atoms with Crippen molar-refractivity contribution < 1.29 is 21.6 Å². The van der Waals surface area contributed by atoms with Crippen molar-refractivity contribution in [2.45, 2.75) is 18.0 Å². The molecule has 170 valence electrons. The topological polar surface area (TPSA) is 75.8 Å². The van der Waals surface area contributed by atoms with Crippen LogP contribution in [-0.2, 0) is 16.2 Å². The number of nitrogens with one attached hydrogen (secondary N) is 1. The van der Waals surface area contributed by atoms with Gasteiger partial charge in [0.25, 0.3) is 10.0 Å². The Morgan fingerprint density at radius 2 is 1.76 bits per heavy atom. The van der Waals surface area contributed by atoms with E-state index in [-0.39, 0.29) is 27.0 Å². The monoisotopic (exact) mass is 492 g/mol. The lowest BCUT2D eigenvalue weighted by Crippen LogP contribution is -2.18. The highest BCUT2D eigenvalue weighted by Crippen LogP contribution is 2.35. The third-order valence-electron chi connectivity index (χ3n) is 4.77. The number of benzene rings is 2. The number of fused-ring (bicyclic) bond motifs is 1. The van der Waals surface area contributed by atoms with Crippen molar-refractivity contribution in [3.8, 4) is 11.4 Å². The lowest BCUT2D eigenvalue weighted by atomic mass is 10.2. The number of aryl methyl sites for hydroxylation is 1. The van der Waals surface area contributed by atoms with Crippen molar-refractivity contribution in [1.29, 1.82) is 0 Å². The van der Waals surface area contributed by atoms with Crippen molar-refractivity contribution in [3.05, 3.63) is 88.7 Å². The molecule has 0 spiro atoms. The quantitative estimate of drug-likeness (QED) is 0.303. The molecule has 33 heavy (non-hydrogen) atoms. The van der Waals surface area contributed by atoms with Crippen LogP contribution in [0.4, 0.5) is 13.2 Å². The Morgan fingerprint density at radius 1 is 1.09 bits per heavy atom. The maximum absolute atomic E-state index is 13.4. The Kier molecular flexibility index (Phi) is 5.89. The van der Waals surface area contributed by atoms with Crippen molar-refractivity contribution in [1.82, 2.24) is 14.2 Å². The van der Waals surface area contributed by atoms with Crippen molar-refractivity contribution in [3.63, 3.8) is 0 Å². The molecule has 0 aliphatic rings. The van der Waals surface area contributed by atoms with Gasteiger partial charge in [-0.05, 0) is 25.1 Å². The number of aromatic nitrogens is 2. The molecule has 0 radical (unpaired) electrons. The van der Waals surface area contributed by atoms with E-state index in [1.807, 2.05) is 6.92 Å². The van der Waals surface area contributed by atoms with Crippen molar-refractivity contribution >= 4 is 33.4 Å². The minimum absolute atomic E-state index is 0.0118. The van der Waals surface area contributed by atoms with Crippen LogP contribution in [0.25, 0.3) is 16.9 Å². The second-order valence-electron chi connectivity index (χ2n) is 7.15. The van der Waals surface area contributed by atoms with Gasteiger partial charge in [-0.2, -0.15) is 26.7 Å². The van der Waals surface area contributed by atoms with Gasteiger partial charge in [0.05, 0.1) is 27.2 Å². The first-order valence-electron chi connectivity index (χ1n) is 9.52. The van der Waals surface area contributed by atoms with Crippen LogP contribution in [0.5, 0.6) is 0 Å². The van der Waals surface area contributed by atoms with E-state index in [9.17, 15) is 21.6 Å². The Hall–Kier alpha value is -3.37. The van der Waals surface area contributed by atoms with E-state index in [4.69, 9.17) is 11.6 Å². The van der Waals surface area contributed by atoms with E-state index < -0.39 is 21.8 Å². The fourth-order valence-electron chi connectivity index (χ4n) is 3.16. The molecule has 2 aromatic carbocycles. The Bertz CT molecular complexity index is 1450. The van der Waals surface area contributed by atoms with E-state index in [1.165, 1.54) is 16.5 Å². The largest absolute Gasteiger partial charge is 0.417 e. The third-order valence-corrected chi connectivity index (χ3v) is 6.29. The fraction of sp³-hybridized carbons (Fsp3) is 0.0909. The van der Waals surface area contributed by atoms with Gasteiger partial charge in [-0.15, -0.1) is 0 Å². The summed E-state index contributed by atoms with van der Waals surface area (Å²) in [6.07, 6.45) is -2.62. The first-order valence-corrected chi connectivity index (χ1v) is 11.4. The van der Waals surface area contributed by atoms with Gasteiger partial charge in [0.1, 0.15) is 11.5 Å². The van der Waals surface area contributed by atoms with Crippen LogP contribution < -0.4 is 4.83 Å². The Labute approximate surface area is 192 Å². The van der Waals surface area contributed by atoms with Gasteiger partial charge >= 0.3 is 6.18 Å². The highest BCUT2D eigenvalue weighted by atomic mass is 35.5. The highest BCUT2D eigenvalue weighted by Gasteiger charge is 2.32. The van der Waals surface area contributed by atoms with Crippen LogP contribution in [-0.4, -0.2) is 24.0 Å². The number of alkyl halides is 3. The van der Waals surface area contributed by atoms with Gasteiger partial charge in [0.2, 0.25) is 0 Å². The van der Waals surface area contributed by atoms with Crippen molar-refractivity contribution in [2.75, 3.05) is 0 Å². The molecule has 0 aliphatic carbocycles. The summed E-state index contributed by atoms with van der Waals surface area (Å²) in [5.41, 5.74) is 0.741. The summed E-state index contributed by atoms with van der Waals surface area (Å²) in [4.78, 5) is 6.47. The molecule has 0 bridgehead atoms. The Balaban J connectivity index is 1.78. The molecule has 0 aliphatic heterocycles. The smallest absolute Gasteiger partial charge is 0.297 e. The maximum atomic E-state index is 13.4. The highest BCUT2D eigenvalue weighted by molar-refractivity contribution is 7.89. The predicted octanol–water partition coefficient (Wildman–Crippen LogP) is 5.29. The number of pyridine rings is 1. The van der Waals surface area contributed by atoms with Gasteiger partial charge in [0, 0.05) is 11.8 Å². The average Bonchev–Trinajstić information content (AvgIpc) is 3.13. The summed E-state index contributed by atoms with van der Waals surface area (Å²) >= 11 is 6.19. The molecular formula is C22H16ClF3N4O2S. The zero-order chi connectivity index (χ0) is 23.8. The molecule has 0 unspecified atom stereocenters. The summed E-state index contributed by atoms with van der Waals surface area (Å²) in [7, 11) is -3.95. The van der Waals surface area contributed by atoms with E-state index in [1.54, 1.807) is 42.5 Å². The normalized spacial score (nSPS) is 12.5. The molecule has 2 heterocycles. The molecule has 1 N–H and O–H groups in total. The molecule has 4 aromatic rings. The number of hydrazone groups is 1. The van der Waals surface area contributed by atoms with Gasteiger partial charge in [0.15, 0.2) is 0 Å². The molecule has 4 rings (SSSR count). The number of imidazole rings is 1. The summed E-state index contributed by atoms with van der Waals surface area (Å²) in [5.74, 6) is 0.196. The van der Waals surface area contributed by atoms with Crippen LogP contribution in [0.1, 0.15) is 16.8 Å². The maximum Gasteiger partial charge on any atom is 0.417 e. The number of hydrogen-bond acceptors (Lipinski definition) is 4. The number of rotatable bonds is 5. The lowest BCUT2D eigenvalue weighted by Gasteiger charge is -2.10. The number of sulfonamides is 1. The van der Waals surface area contributed by atoms with E-state index in [0.717, 1.165) is 24.0 Å². The zero-order valence-electron chi connectivity index (χ0n) is 17.0. The standard InChI is InChI=1S/C22H16ClF3N4O2S/c1-14-7-9-17(10-8-14)33(31,32)29-27-12-19-20-18(23)11-16(22(24,25)26)13-30(20)21(28-19)15-5-3-2-4-6-15/h2-13,29H,1H3/b27-12-. The number of hydrogen-bond donors (Lipinski definition) is 1. The second kappa shape index (κ2) is 8.53. The molecule has 2 aromatic heterocycles. The third kappa shape index (κ3) is 4.71. The first kappa shape index (κ1) is 22.8. The van der Waals surface area contributed by atoms with Crippen molar-refractivity contribution in [2.24, 2.45) is 5.10 Å². The van der Waals surface area contributed by atoms with Crippen LogP contribution in [0.3, 0.4) is 0 Å². The molecule has 0 saturated heterocycles. The minimum atomic E-state index is -4.62. The van der Waals surface area contributed by atoms with E-state index >= 15 is 0 Å². The van der Waals surface area contributed by atoms with Gasteiger partial charge < -0.3 is 0 Å². The molecule has 0 atom stereocenters. The molecule has 0 amide bonds. The second-order valence-corrected chi connectivity index (χ2v) is 9.21. The minimum Gasteiger partial charge on any atom is -0.297 e. The molecule has 0 fully saturated rings. The van der Waals surface area contributed by atoms with E-state index in [2.05, 4.69) is 14.9 Å². The summed E-state index contributed by atoms with van der Waals surface area (Å²) < 4.78 is 66.2. The zero-order valence-corrected chi connectivity index (χ0v) is 18.6. The van der Waals surface area contributed by atoms with Gasteiger partial charge in [-0.3, -0.25) is 4.40 Å². The SMILES string of the molecule is Cc1ccc(S(=O)(=O)N/N=C\c2nc(-c3ccccc3)n3cc(C(F)(F)F)cc(Cl)c23)cc1. The van der Waals surface area contributed by atoms with Crippen LogP contribution in [0.15, 0.2) is 76.9 Å². The van der Waals surface area contributed by atoms with Gasteiger partial charge in [-0.1, -0.05) is 59.6 Å². The fourth-order valence-corrected chi connectivity index (χ4v) is 4.25. The number of nitrogens with zero attached hydrogens (tertiary/aromatic N) is 3. The first-order chi connectivity index (χ1) is 15.6. The van der Waals surface area contributed by atoms with Crippen LogP contribution in [0.2, 0.25) is 5.02 Å². The molecule has 6 nitrogen and oxygen atoms in total. The van der Waals surface area contributed by atoms with Gasteiger partial charge in [-0.25, -0.2) is 9.82 Å². The molecule has 11 heteroatoms. The lowest BCUT2D eigenvalue weighted by molar-refractivity contribution is -0.137. The summed E-state index contributed by atoms with van der Waals surface area (Å²) in [6, 6.07) is 15.5. The molecular weight excluding hydrogens is 477 g/mol. The number of halogens is 4. The molecule has 0 saturated carbocycles. The summed E-state index contributed by atoms with van der Waals surface area (Å²) in [5, 5.41) is 3.56. The predicted molar refractivity (Wildman–Crippen MR) is 120 cm³/mol.